The summed E-state index contributed by atoms with van der Waals surface area (Å²) >= 11 is 0. The first-order valence-electron chi connectivity index (χ1n) is 8.85. The van der Waals surface area contributed by atoms with E-state index in [2.05, 4.69) is 10.1 Å². The van der Waals surface area contributed by atoms with Crippen LogP contribution in [-0.4, -0.2) is 40.2 Å². The number of esters is 1. The topological polar surface area (TPSA) is 92.8 Å². The lowest BCUT2D eigenvalue weighted by Gasteiger charge is -2.29. The molecule has 1 aliphatic rings. The summed E-state index contributed by atoms with van der Waals surface area (Å²) in [6.07, 6.45) is 2.64. The van der Waals surface area contributed by atoms with Gasteiger partial charge in [0, 0.05) is 18.7 Å². The molecular weight excluding hydrogens is 380 g/mol. The average Bonchev–Trinajstić information content (AvgIpc) is 2.70. The van der Waals surface area contributed by atoms with Crippen molar-refractivity contribution in [3.63, 3.8) is 0 Å². The van der Waals surface area contributed by atoms with Crippen LogP contribution in [0, 0.1) is 0 Å². The smallest absolute Gasteiger partial charge is 0.337 e. The van der Waals surface area contributed by atoms with Crippen LogP contribution in [0.15, 0.2) is 42.5 Å². The number of rotatable bonds is 5. The molecule has 2 aromatic rings. The maximum absolute atomic E-state index is 12.5. The fraction of sp³-hybridized carbons (Fsp3) is 0.300. The van der Waals surface area contributed by atoms with E-state index in [9.17, 15) is 18.0 Å². The minimum absolute atomic E-state index is 0.240. The molecule has 0 aromatic heterocycles. The third-order valence-electron chi connectivity index (χ3n) is 4.65. The van der Waals surface area contributed by atoms with Gasteiger partial charge in [-0.25, -0.2) is 13.2 Å². The van der Waals surface area contributed by atoms with E-state index >= 15 is 0 Å². The van der Waals surface area contributed by atoms with E-state index in [1.54, 1.807) is 42.5 Å². The summed E-state index contributed by atoms with van der Waals surface area (Å²) in [5.74, 6) is -0.649. The number of hydrogen-bond acceptors (Lipinski definition) is 5. The van der Waals surface area contributed by atoms with Crippen LogP contribution in [0.3, 0.4) is 0 Å². The van der Waals surface area contributed by atoms with Gasteiger partial charge in [-0.3, -0.25) is 9.10 Å². The molecule has 1 heterocycles. The van der Waals surface area contributed by atoms with Gasteiger partial charge < -0.3 is 10.1 Å². The van der Waals surface area contributed by atoms with Crippen molar-refractivity contribution in [3.05, 3.63) is 64.7 Å². The van der Waals surface area contributed by atoms with Crippen molar-refractivity contribution in [2.45, 2.75) is 19.4 Å². The Bertz CT molecular complexity index is 1000. The standard InChI is InChI=1S/C20H22N2O5S/c1-27-20(24)15-7-5-14(6-8-15)13-21-19(23)17-9-10-18-16(12-17)4-3-11-22(18)28(2,25)26/h5-10,12H,3-4,11,13H2,1-2H3,(H,21,23). The Balaban J connectivity index is 1.69. The minimum atomic E-state index is -3.33. The normalized spacial score (nSPS) is 13.6. The Hall–Kier alpha value is -2.87. The van der Waals surface area contributed by atoms with E-state index in [0.717, 1.165) is 24.0 Å². The molecule has 0 unspecified atom stereocenters. The Kier molecular flexibility index (Phi) is 5.69. The van der Waals surface area contributed by atoms with Crippen molar-refractivity contribution in [2.75, 3.05) is 24.2 Å². The second-order valence-corrected chi connectivity index (χ2v) is 8.56. The molecule has 0 fully saturated rings. The Morgan fingerprint density at radius 3 is 2.43 bits per heavy atom. The number of methoxy groups -OCH3 is 1. The largest absolute Gasteiger partial charge is 0.465 e. The maximum atomic E-state index is 12.5. The SMILES string of the molecule is COC(=O)c1ccc(CNC(=O)c2ccc3c(c2)CCCN3S(C)(=O)=O)cc1. The molecule has 1 N–H and O–H groups in total. The van der Waals surface area contributed by atoms with E-state index in [-0.39, 0.29) is 5.91 Å². The molecular formula is C20H22N2O5S. The first-order valence-corrected chi connectivity index (χ1v) is 10.7. The molecule has 1 amide bonds. The van der Waals surface area contributed by atoms with Crippen LogP contribution in [0.2, 0.25) is 0 Å². The van der Waals surface area contributed by atoms with Crippen LogP contribution in [0.1, 0.15) is 38.3 Å². The lowest BCUT2D eigenvalue weighted by Crippen LogP contribution is -2.34. The van der Waals surface area contributed by atoms with Crippen LogP contribution in [0.5, 0.6) is 0 Å². The molecule has 148 valence electrons. The monoisotopic (exact) mass is 402 g/mol. The summed E-state index contributed by atoms with van der Waals surface area (Å²) in [5.41, 5.74) is 3.28. The van der Waals surface area contributed by atoms with Gasteiger partial charge in [0.1, 0.15) is 0 Å². The van der Waals surface area contributed by atoms with E-state index in [1.165, 1.54) is 17.7 Å². The molecule has 0 bridgehead atoms. The van der Waals surface area contributed by atoms with Gasteiger partial charge in [0.25, 0.3) is 5.91 Å². The molecule has 0 radical (unpaired) electrons. The van der Waals surface area contributed by atoms with Crippen molar-refractivity contribution in [2.24, 2.45) is 0 Å². The number of nitrogens with zero attached hydrogens (tertiary/aromatic N) is 1. The number of amides is 1. The van der Waals surface area contributed by atoms with Crippen LogP contribution in [0.4, 0.5) is 5.69 Å². The van der Waals surface area contributed by atoms with Gasteiger partial charge in [-0.05, 0) is 54.3 Å². The predicted octanol–water partition coefficient (Wildman–Crippen LogP) is 2.12. The molecule has 0 atom stereocenters. The van der Waals surface area contributed by atoms with Crippen molar-refractivity contribution in [1.29, 1.82) is 0 Å². The second-order valence-electron chi connectivity index (χ2n) is 6.65. The summed E-state index contributed by atoms with van der Waals surface area (Å²) in [4.78, 5) is 23.9. The molecule has 0 saturated heterocycles. The second kappa shape index (κ2) is 8.02. The molecule has 8 heteroatoms. The lowest BCUT2D eigenvalue weighted by atomic mass is 10.0. The first kappa shape index (κ1) is 19.9. The third-order valence-corrected chi connectivity index (χ3v) is 5.83. The molecule has 2 aromatic carbocycles. The number of carbonyl (C=O) groups excluding carboxylic acids is 2. The van der Waals surface area contributed by atoms with Gasteiger partial charge in [-0.15, -0.1) is 0 Å². The number of carbonyl (C=O) groups is 2. The zero-order chi connectivity index (χ0) is 20.3. The number of sulfonamides is 1. The quantitative estimate of drug-likeness (QED) is 0.774. The van der Waals surface area contributed by atoms with E-state index in [4.69, 9.17) is 0 Å². The Morgan fingerprint density at radius 1 is 1.11 bits per heavy atom. The average molecular weight is 402 g/mol. The van der Waals surface area contributed by atoms with Crippen LogP contribution < -0.4 is 9.62 Å². The van der Waals surface area contributed by atoms with Gasteiger partial charge >= 0.3 is 5.97 Å². The molecule has 0 aliphatic carbocycles. The number of benzene rings is 2. The molecule has 1 aliphatic heterocycles. The van der Waals surface area contributed by atoms with Gasteiger partial charge in [0.15, 0.2) is 0 Å². The fourth-order valence-corrected chi connectivity index (χ4v) is 4.21. The summed E-state index contributed by atoms with van der Waals surface area (Å²) in [6.45, 7) is 0.770. The third kappa shape index (κ3) is 4.33. The lowest BCUT2D eigenvalue weighted by molar-refractivity contribution is 0.0600. The highest BCUT2D eigenvalue weighted by Crippen LogP contribution is 2.29. The van der Waals surface area contributed by atoms with Gasteiger partial charge in [0.2, 0.25) is 10.0 Å². The highest BCUT2D eigenvalue weighted by molar-refractivity contribution is 7.92. The van der Waals surface area contributed by atoms with Crippen molar-refractivity contribution in [1.82, 2.24) is 5.32 Å². The molecule has 0 spiro atoms. The summed E-state index contributed by atoms with van der Waals surface area (Å²) in [6, 6.07) is 11.9. The molecule has 28 heavy (non-hydrogen) atoms. The number of fused-ring (bicyclic) bond motifs is 1. The van der Waals surface area contributed by atoms with Crippen LogP contribution in [-0.2, 0) is 27.7 Å². The number of aryl methyl sites for hydroxylation is 1. The molecule has 7 nitrogen and oxygen atoms in total. The number of nitrogens with one attached hydrogen (secondary N) is 1. The molecule has 0 saturated carbocycles. The zero-order valence-corrected chi connectivity index (χ0v) is 16.6. The summed E-state index contributed by atoms with van der Waals surface area (Å²) in [5, 5.41) is 2.84. The highest BCUT2D eigenvalue weighted by atomic mass is 32.2. The minimum Gasteiger partial charge on any atom is -0.465 e. The van der Waals surface area contributed by atoms with Gasteiger partial charge in [-0.1, -0.05) is 12.1 Å². The van der Waals surface area contributed by atoms with E-state index < -0.39 is 16.0 Å². The van der Waals surface area contributed by atoms with E-state index in [1.807, 2.05) is 0 Å². The highest BCUT2D eigenvalue weighted by Gasteiger charge is 2.24. The summed E-state index contributed by atoms with van der Waals surface area (Å²) < 4.78 is 29.9. The number of ether oxygens (including phenoxy) is 1. The van der Waals surface area contributed by atoms with Crippen LogP contribution in [0.25, 0.3) is 0 Å². The van der Waals surface area contributed by atoms with Crippen molar-refractivity contribution in [3.8, 4) is 0 Å². The Morgan fingerprint density at radius 2 is 1.79 bits per heavy atom. The van der Waals surface area contributed by atoms with Gasteiger partial charge in [-0.2, -0.15) is 0 Å². The van der Waals surface area contributed by atoms with Crippen molar-refractivity contribution < 1.29 is 22.7 Å². The maximum Gasteiger partial charge on any atom is 0.337 e. The number of hydrogen-bond donors (Lipinski definition) is 1. The molecule has 3 rings (SSSR count). The van der Waals surface area contributed by atoms with Gasteiger partial charge in [0.05, 0.1) is 24.6 Å². The zero-order valence-electron chi connectivity index (χ0n) is 15.8. The first-order chi connectivity index (χ1) is 13.3. The van der Waals surface area contributed by atoms with Crippen molar-refractivity contribution >= 4 is 27.6 Å². The Labute approximate surface area is 164 Å². The summed E-state index contributed by atoms with van der Waals surface area (Å²) in [7, 11) is -2.01. The number of anilines is 1. The van der Waals surface area contributed by atoms with Crippen LogP contribution >= 0.6 is 0 Å². The fourth-order valence-electron chi connectivity index (χ4n) is 3.21. The predicted molar refractivity (Wildman–Crippen MR) is 106 cm³/mol. The van der Waals surface area contributed by atoms with E-state index in [0.29, 0.717) is 29.9 Å².